The van der Waals surface area contributed by atoms with Gasteiger partial charge in [0.1, 0.15) is 9.52 Å². The minimum Gasteiger partial charge on any atom is -0.322 e. The van der Waals surface area contributed by atoms with Gasteiger partial charge in [-0.2, -0.15) is 0 Å². The third kappa shape index (κ3) is 5.87. The number of nitrogens with zero attached hydrogens (tertiary/aromatic N) is 2. The van der Waals surface area contributed by atoms with Crippen LogP contribution in [-0.2, 0) is 6.42 Å². The fourth-order valence-electron chi connectivity index (χ4n) is 5.15. The molecule has 0 spiro atoms. The summed E-state index contributed by atoms with van der Waals surface area (Å²) in [7, 11) is 0. The molecule has 0 saturated carbocycles. The minimum absolute atomic E-state index is 0.170. The van der Waals surface area contributed by atoms with E-state index in [0.717, 1.165) is 27.3 Å². The minimum atomic E-state index is -0.482. The first-order valence-corrected chi connectivity index (χ1v) is 15.7. The van der Waals surface area contributed by atoms with Gasteiger partial charge in [-0.1, -0.05) is 30.3 Å². The first-order valence-electron chi connectivity index (χ1n) is 13.8. The Morgan fingerprint density at radius 2 is 1.70 bits per heavy atom. The Bertz CT molecular complexity index is 1920. The number of nitrogens with one attached hydrogen (secondary N) is 2. The highest BCUT2D eigenvalue weighted by atomic mass is 127. The zero-order chi connectivity index (χ0) is 31.0. The zero-order valence-corrected chi connectivity index (χ0v) is 26.8. The van der Waals surface area contributed by atoms with Crippen LogP contribution in [0.15, 0.2) is 85.1 Å². The van der Waals surface area contributed by atoms with Crippen LogP contribution in [-0.4, -0.2) is 29.3 Å². The molecule has 0 saturated heterocycles. The van der Waals surface area contributed by atoms with Crippen LogP contribution in [0.4, 0.5) is 21.5 Å². The molecule has 0 fully saturated rings. The standard InChI is InChI=1S/C34H26FIN4O3S/c1-19-16-25(31(36)37-18-19)32(41)38-23-12-10-21(11-13-23)34(43)40-15-14-22-17-28(44-30(22)24-7-3-4-9-27(24)40)33(42)39-29-20(2)6-5-8-26(29)35/h3-13,16-18H,14-15H2,1-2H3,(H,38,41)(H,39,42). The van der Waals surface area contributed by atoms with Gasteiger partial charge in [0, 0.05) is 34.4 Å². The quantitative estimate of drug-likeness (QED) is 0.143. The molecular weight excluding hydrogens is 690 g/mol. The summed E-state index contributed by atoms with van der Waals surface area (Å²) in [6.45, 7) is 4.03. The van der Waals surface area contributed by atoms with E-state index in [9.17, 15) is 18.8 Å². The van der Waals surface area contributed by atoms with Crippen LogP contribution in [0, 0.1) is 23.4 Å². The number of pyridine rings is 1. The van der Waals surface area contributed by atoms with Crippen molar-refractivity contribution in [3.63, 3.8) is 0 Å². The highest BCUT2D eigenvalue weighted by molar-refractivity contribution is 14.1. The van der Waals surface area contributed by atoms with Gasteiger partial charge in [-0.15, -0.1) is 11.3 Å². The van der Waals surface area contributed by atoms with Gasteiger partial charge in [-0.05, 0) is 108 Å². The summed E-state index contributed by atoms with van der Waals surface area (Å²) in [6.07, 6.45) is 2.25. The average Bonchev–Trinajstić information content (AvgIpc) is 3.38. The van der Waals surface area contributed by atoms with Gasteiger partial charge < -0.3 is 15.5 Å². The number of hydrogen-bond acceptors (Lipinski definition) is 5. The largest absolute Gasteiger partial charge is 0.322 e. The number of thiophene rings is 1. The van der Waals surface area contributed by atoms with Crippen molar-refractivity contribution in [2.45, 2.75) is 20.3 Å². The average molecular weight is 717 g/mol. The fourth-order valence-corrected chi connectivity index (χ4v) is 6.83. The van der Waals surface area contributed by atoms with Crippen molar-refractivity contribution >= 4 is 68.7 Å². The molecule has 6 rings (SSSR count). The predicted octanol–water partition coefficient (Wildman–Crippen LogP) is 7.88. The van der Waals surface area contributed by atoms with E-state index in [1.807, 2.05) is 59.8 Å². The van der Waals surface area contributed by atoms with Crippen LogP contribution in [0.5, 0.6) is 0 Å². The Morgan fingerprint density at radius 1 is 0.932 bits per heavy atom. The van der Waals surface area contributed by atoms with Crippen LogP contribution < -0.4 is 15.5 Å². The molecule has 2 N–H and O–H groups in total. The number of amides is 3. The van der Waals surface area contributed by atoms with Crippen molar-refractivity contribution in [3.8, 4) is 10.4 Å². The normalized spacial score (nSPS) is 12.1. The van der Waals surface area contributed by atoms with Crippen molar-refractivity contribution in [1.82, 2.24) is 4.98 Å². The first kappa shape index (κ1) is 29.6. The third-order valence-corrected chi connectivity index (χ3v) is 9.46. The molecule has 0 atom stereocenters. The number of para-hydroxylation sites is 2. The number of rotatable bonds is 5. The molecule has 0 radical (unpaired) electrons. The maximum absolute atomic E-state index is 14.4. The second-order valence-electron chi connectivity index (χ2n) is 10.5. The number of carbonyl (C=O) groups is 3. The molecule has 3 heterocycles. The summed E-state index contributed by atoms with van der Waals surface area (Å²) in [6, 6.07) is 22.8. The van der Waals surface area contributed by atoms with E-state index in [2.05, 4.69) is 15.6 Å². The lowest BCUT2D eigenvalue weighted by Crippen LogP contribution is -2.32. The molecule has 10 heteroatoms. The van der Waals surface area contributed by atoms with E-state index < -0.39 is 5.82 Å². The second kappa shape index (κ2) is 12.3. The van der Waals surface area contributed by atoms with Crippen molar-refractivity contribution in [1.29, 1.82) is 0 Å². The van der Waals surface area contributed by atoms with E-state index in [-0.39, 0.29) is 23.4 Å². The van der Waals surface area contributed by atoms with Gasteiger partial charge >= 0.3 is 0 Å². The molecule has 0 unspecified atom stereocenters. The molecule has 5 aromatic rings. The van der Waals surface area contributed by atoms with Gasteiger partial charge in [0.15, 0.2) is 0 Å². The molecule has 7 nitrogen and oxygen atoms in total. The van der Waals surface area contributed by atoms with Crippen LogP contribution in [0.3, 0.4) is 0 Å². The zero-order valence-electron chi connectivity index (χ0n) is 23.8. The summed E-state index contributed by atoms with van der Waals surface area (Å²) in [5.74, 6) is -1.29. The SMILES string of the molecule is Cc1cnc(I)c(C(=O)Nc2ccc(C(=O)N3CCc4cc(C(=O)Nc5c(C)cccc5F)sc4-c4ccccc43)cc2)c1. The number of aryl methyl sites for hydroxylation is 2. The predicted molar refractivity (Wildman–Crippen MR) is 180 cm³/mol. The lowest BCUT2D eigenvalue weighted by molar-refractivity contribution is 0.0985. The molecular formula is C34H26FIN4O3S. The maximum atomic E-state index is 14.4. The van der Waals surface area contributed by atoms with Crippen LogP contribution in [0.2, 0.25) is 0 Å². The van der Waals surface area contributed by atoms with Crippen molar-refractivity contribution < 1.29 is 18.8 Å². The van der Waals surface area contributed by atoms with Crippen molar-refractivity contribution in [2.75, 3.05) is 22.1 Å². The molecule has 0 aliphatic carbocycles. The van der Waals surface area contributed by atoms with Gasteiger partial charge in [-0.3, -0.25) is 14.4 Å². The Hall–Kier alpha value is -4.42. The Kier molecular flexibility index (Phi) is 8.28. The molecule has 3 amide bonds. The monoisotopic (exact) mass is 716 g/mol. The van der Waals surface area contributed by atoms with Gasteiger partial charge in [0.25, 0.3) is 17.7 Å². The Balaban J connectivity index is 1.22. The van der Waals surface area contributed by atoms with Crippen LogP contribution >= 0.6 is 33.9 Å². The number of fused-ring (bicyclic) bond motifs is 3. The van der Waals surface area contributed by atoms with Crippen molar-refractivity contribution in [3.05, 3.63) is 127 Å². The number of hydrogen-bond donors (Lipinski definition) is 2. The summed E-state index contributed by atoms with van der Waals surface area (Å²) in [4.78, 5) is 47.1. The first-order chi connectivity index (χ1) is 21.2. The molecule has 1 aliphatic rings. The maximum Gasteiger partial charge on any atom is 0.265 e. The fraction of sp³-hybridized carbons (Fsp3) is 0.118. The summed E-state index contributed by atoms with van der Waals surface area (Å²) >= 11 is 3.36. The molecule has 1 aliphatic heterocycles. The van der Waals surface area contributed by atoms with E-state index in [1.165, 1.54) is 17.4 Å². The second-order valence-corrected chi connectivity index (χ2v) is 12.5. The van der Waals surface area contributed by atoms with Crippen LogP contribution in [0.25, 0.3) is 10.4 Å². The number of carbonyl (C=O) groups excluding carboxylic acids is 3. The third-order valence-electron chi connectivity index (χ3n) is 7.39. The summed E-state index contributed by atoms with van der Waals surface area (Å²) in [5.41, 5.74) is 5.79. The van der Waals surface area contributed by atoms with Gasteiger partial charge in [0.2, 0.25) is 0 Å². The highest BCUT2D eigenvalue weighted by Crippen LogP contribution is 2.42. The van der Waals surface area contributed by atoms with E-state index in [0.29, 0.717) is 43.9 Å². The van der Waals surface area contributed by atoms with Crippen LogP contribution in [0.1, 0.15) is 47.1 Å². The van der Waals surface area contributed by atoms with E-state index in [4.69, 9.17) is 0 Å². The number of halogens is 2. The highest BCUT2D eigenvalue weighted by Gasteiger charge is 2.28. The summed E-state index contributed by atoms with van der Waals surface area (Å²) in [5, 5.41) is 5.61. The summed E-state index contributed by atoms with van der Waals surface area (Å²) < 4.78 is 15.0. The van der Waals surface area contributed by atoms with Gasteiger partial charge in [-0.25, -0.2) is 9.37 Å². The molecule has 3 aromatic carbocycles. The van der Waals surface area contributed by atoms with Gasteiger partial charge in [0.05, 0.1) is 21.8 Å². The van der Waals surface area contributed by atoms with Crippen molar-refractivity contribution in [2.24, 2.45) is 0 Å². The lowest BCUT2D eigenvalue weighted by Gasteiger charge is -2.23. The van der Waals surface area contributed by atoms with E-state index in [1.54, 1.807) is 60.5 Å². The number of aromatic nitrogens is 1. The molecule has 220 valence electrons. The number of anilines is 3. The molecule has 44 heavy (non-hydrogen) atoms. The Morgan fingerprint density at radius 3 is 2.48 bits per heavy atom. The number of benzene rings is 3. The van der Waals surface area contributed by atoms with E-state index >= 15 is 0 Å². The smallest absolute Gasteiger partial charge is 0.265 e. The topological polar surface area (TPSA) is 91.4 Å². The molecule has 0 bridgehead atoms. The molecule has 2 aromatic heterocycles. The lowest BCUT2D eigenvalue weighted by atomic mass is 10.1. The Labute approximate surface area is 271 Å².